The van der Waals surface area contributed by atoms with E-state index in [1.54, 1.807) is 48.2 Å². The minimum Gasteiger partial charge on any atom is -0.377 e. The molecule has 1 amide bonds. The first-order chi connectivity index (χ1) is 12.8. The number of amides is 1. The van der Waals surface area contributed by atoms with Gasteiger partial charge in [0, 0.05) is 17.8 Å². The molecule has 1 saturated heterocycles. The molecule has 0 bridgehead atoms. The molecule has 2 aromatic rings. The lowest BCUT2D eigenvalue weighted by Gasteiger charge is -2.33. The van der Waals surface area contributed by atoms with Gasteiger partial charge >= 0.3 is 0 Å². The maximum Gasteiger partial charge on any atom is 0.262 e. The topological polar surface area (TPSA) is 75.7 Å². The molecule has 7 heteroatoms. The van der Waals surface area contributed by atoms with Crippen LogP contribution in [-0.2, 0) is 14.8 Å². The van der Waals surface area contributed by atoms with Crippen molar-refractivity contribution in [1.29, 1.82) is 0 Å². The van der Waals surface area contributed by atoms with Crippen molar-refractivity contribution in [3.05, 3.63) is 59.2 Å². The first-order valence-corrected chi connectivity index (χ1v) is 10.3. The third-order valence-electron chi connectivity index (χ3n) is 4.63. The molecular formula is C20H24N2O4S. The summed E-state index contributed by atoms with van der Waals surface area (Å²) in [5, 5.41) is 0. The Labute approximate surface area is 160 Å². The summed E-state index contributed by atoms with van der Waals surface area (Å²) in [7, 11) is -3.68. The van der Waals surface area contributed by atoms with Gasteiger partial charge in [0.05, 0.1) is 24.2 Å². The molecule has 1 atom stereocenters. The number of nitrogens with one attached hydrogen (secondary N) is 1. The fraction of sp³-hybridized carbons (Fsp3) is 0.350. The van der Waals surface area contributed by atoms with E-state index in [-0.39, 0.29) is 16.8 Å². The Bertz CT molecular complexity index is 939. The molecule has 3 rings (SSSR count). The predicted octanol–water partition coefficient (Wildman–Crippen LogP) is 2.97. The molecule has 0 spiro atoms. The van der Waals surface area contributed by atoms with E-state index in [4.69, 9.17) is 4.74 Å². The molecule has 1 unspecified atom stereocenters. The average molecular weight is 388 g/mol. The maximum atomic E-state index is 12.6. The summed E-state index contributed by atoms with van der Waals surface area (Å²) in [5.74, 6) is -0.0745. The monoisotopic (exact) mass is 388 g/mol. The Morgan fingerprint density at radius 2 is 1.85 bits per heavy atom. The Morgan fingerprint density at radius 1 is 1.15 bits per heavy atom. The third kappa shape index (κ3) is 4.31. The lowest BCUT2D eigenvalue weighted by atomic mass is 10.1. The zero-order chi connectivity index (χ0) is 19.6. The largest absolute Gasteiger partial charge is 0.377 e. The van der Waals surface area contributed by atoms with Crippen LogP contribution in [0.5, 0.6) is 0 Å². The molecule has 6 nitrogen and oxygen atoms in total. The van der Waals surface area contributed by atoms with Crippen LogP contribution < -0.4 is 4.72 Å². The number of ether oxygens (including phenoxy) is 1. The average Bonchev–Trinajstić information content (AvgIpc) is 2.61. The summed E-state index contributed by atoms with van der Waals surface area (Å²) >= 11 is 0. The molecule has 0 aliphatic carbocycles. The van der Waals surface area contributed by atoms with Gasteiger partial charge in [0.2, 0.25) is 0 Å². The van der Waals surface area contributed by atoms with E-state index < -0.39 is 10.0 Å². The molecule has 0 saturated carbocycles. The number of rotatable bonds is 4. The fourth-order valence-electron chi connectivity index (χ4n) is 3.19. The van der Waals surface area contributed by atoms with Gasteiger partial charge in [-0.05, 0) is 56.7 Å². The van der Waals surface area contributed by atoms with Gasteiger partial charge in [-0.2, -0.15) is 0 Å². The molecule has 0 aromatic heterocycles. The summed E-state index contributed by atoms with van der Waals surface area (Å²) in [6, 6.07) is 11.7. The summed E-state index contributed by atoms with van der Waals surface area (Å²) in [5.41, 5.74) is 2.64. The Balaban J connectivity index is 1.76. The number of sulfonamides is 1. The summed E-state index contributed by atoms with van der Waals surface area (Å²) in [6.45, 7) is 7.25. The van der Waals surface area contributed by atoms with E-state index in [1.165, 1.54) is 0 Å². The second kappa shape index (κ2) is 7.70. The lowest BCUT2D eigenvalue weighted by Crippen LogP contribution is -2.47. The van der Waals surface area contributed by atoms with Crippen LogP contribution in [-0.4, -0.2) is 45.0 Å². The van der Waals surface area contributed by atoms with Gasteiger partial charge in [-0.3, -0.25) is 9.52 Å². The number of benzene rings is 2. The first-order valence-electron chi connectivity index (χ1n) is 8.87. The van der Waals surface area contributed by atoms with Gasteiger partial charge in [0.1, 0.15) is 0 Å². The van der Waals surface area contributed by atoms with E-state index in [2.05, 4.69) is 4.72 Å². The second-order valence-electron chi connectivity index (χ2n) is 6.87. The highest BCUT2D eigenvalue weighted by Crippen LogP contribution is 2.21. The summed E-state index contributed by atoms with van der Waals surface area (Å²) < 4.78 is 33.2. The van der Waals surface area contributed by atoms with Crippen LogP contribution in [0.4, 0.5) is 5.69 Å². The minimum atomic E-state index is -3.68. The zero-order valence-corrected chi connectivity index (χ0v) is 16.5. The molecular weight excluding hydrogens is 364 g/mol. The predicted molar refractivity (Wildman–Crippen MR) is 104 cm³/mol. The highest BCUT2D eigenvalue weighted by molar-refractivity contribution is 7.92. The fourth-order valence-corrected chi connectivity index (χ4v) is 4.47. The van der Waals surface area contributed by atoms with Gasteiger partial charge < -0.3 is 9.64 Å². The van der Waals surface area contributed by atoms with Gasteiger partial charge in [-0.25, -0.2) is 8.42 Å². The summed E-state index contributed by atoms with van der Waals surface area (Å²) in [4.78, 5) is 14.7. The van der Waals surface area contributed by atoms with Crippen molar-refractivity contribution in [2.75, 3.05) is 24.5 Å². The van der Waals surface area contributed by atoms with Crippen molar-refractivity contribution in [2.45, 2.75) is 31.7 Å². The number of carbonyl (C=O) groups is 1. The highest BCUT2D eigenvalue weighted by Gasteiger charge is 2.25. The van der Waals surface area contributed by atoms with E-state index in [1.807, 2.05) is 19.9 Å². The molecule has 1 fully saturated rings. The Morgan fingerprint density at radius 3 is 2.48 bits per heavy atom. The SMILES string of the molecule is Cc1ccc(S(=O)(=O)Nc2ccc(C(=O)N3CCOCC3C)cc2)c(C)c1. The zero-order valence-electron chi connectivity index (χ0n) is 15.7. The molecule has 1 aliphatic heterocycles. The van der Waals surface area contributed by atoms with Crippen LogP contribution in [0.2, 0.25) is 0 Å². The van der Waals surface area contributed by atoms with Crippen molar-refractivity contribution < 1.29 is 17.9 Å². The van der Waals surface area contributed by atoms with Gasteiger partial charge in [-0.1, -0.05) is 17.7 Å². The maximum absolute atomic E-state index is 12.6. The van der Waals surface area contributed by atoms with Crippen molar-refractivity contribution in [3.63, 3.8) is 0 Å². The van der Waals surface area contributed by atoms with Crippen molar-refractivity contribution in [3.8, 4) is 0 Å². The number of carbonyl (C=O) groups excluding carboxylic acids is 1. The first kappa shape index (κ1) is 19.4. The quantitative estimate of drug-likeness (QED) is 0.874. The van der Waals surface area contributed by atoms with E-state index in [9.17, 15) is 13.2 Å². The van der Waals surface area contributed by atoms with Crippen molar-refractivity contribution in [2.24, 2.45) is 0 Å². The number of nitrogens with zero attached hydrogens (tertiary/aromatic N) is 1. The molecule has 1 heterocycles. The van der Waals surface area contributed by atoms with E-state index in [0.29, 0.717) is 36.6 Å². The van der Waals surface area contributed by atoms with Crippen LogP contribution in [0.3, 0.4) is 0 Å². The van der Waals surface area contributed by atoms with Gasteiger partial charge in [0.15, 0.2) is 0 Å². The third-order valence-corrected chi connectivity index (χ3v) is 6.17. The number of morpholine rings is 1. The molecule has 0 radical (unpaired) electrons. The van der Waals surface area contributed by atoms with Crippen LogP contribution in [0.25, 0.3) is 0 Å². The second-order valence-corrected chi connectivity index (χ2v) is 8.53. The van der Waals surface area contributed by atoms with Gasteiger partial charge in [-0.15, -0.1) is 0 Å². The Kier molecular flexibility index (Phi) is 5.53. The minimum absolute atomic E-state index is 0.0222. The number of aryl methyl sites for hydroxylation is 2. The normalized spacial score (nSPS) is 17.6. The number of hydrogen-bond acceptors (Lipinski definition) is 4. The smallest absolute Gasteiger partial charge is 0.262 e. The van der Waals surface area contributed by atoms with Crippen molar-refractivity contribution >= 4 is 21.6 Å². The molecule has 27 heavy (non-hydrogen) atoms. The lowest BCUT2D eigenvalue weighted by molar-refractivity contribution is 0.00359. The molecule has 1 aliphatic rings. The van der Waals surface area contributed by atoms with E-state index >= 15 is 0 Å². The van der Waals surface area contributed by atoms with Crippen molar-refractivity contribution in [1.82, 2.24) is 4.90 Å². The van der Waals surface area contributed by atoms with Gasteiger partial charge in [0.25, 0.3) is 15.9 Å². The standard InChI is InChI=1S/C20H24N2O4S/c1-14-4-9-19(15(2)12-14)27(24,25)21-18-7-5-17(6-8-18)20(23)22-10-11-26-13-16(22)3/h4-9,12,16,21H,10-11,13H2,1-3H3. The molecule has 144 valence electrons. The number of hydrogen-bond donors (Lipinski definition) is 1. The van der Waals surface area contributed by atoms with Crippen LogP contribution >= 0.6 is 0 Å². The van der Waals surface area contributed by atoms with E-state index in [0.717, 1.165) is 5.56 Å². The van der Waals surface area contributed by atoms with Crippen LogP contribution in [0.15, 0.2) is 47.4 Å². The van der Waals surface area contributed by atoms with Crippen LogP contribution in [0.1, 0.15) is 28.4 Å². The Hall–Kier alpha value is -2.38. The van der Waals surface area contributed by atoms with Crippen LogP contribution in [0, 0.1) is 13.8 Å². The molecule has 1 N–H and O–H groups in total. The molecule has 2 aromatic carbocycles. The summed E-state index contributed by atoms with van der Waals surface area (Å²) in [6.07, 6.45) is 0. The highest BCUT2D eigenvalue weighted by atomic mass is 32.2. The number of anilines is 1.